The van der Waals surface area contributed by atoms with Crippen molar-refractivity contribution in [3.8, 4) is 5.75 Å². The molecule has 108 valence electrons. The van der Waals surface area contributed by atoms with Gasteiger partial charge in [-0.15, -0.1) is 0 Å². The largest absolute Gasteiger partial charge is 0.493 e. The number of hydrogen-bond donors (Lipinski definition) is 1. The Kier molecular flexibility index (Phi) is 3.84. The van der Waals surface area contributed by atoms with Crippen LogP contribution >= 0.6 is 15.9 Å². The summed E-state index contributed by atoms with van der Waals surface area (Å²) < 4.78 is 11.6. The van der Waals surface area contributed by atoms with Crippen LogP contribution in [0.4, 0.5) is 5.69 Å². The second-order valence-corrected chi connectivity index (χ2v) is 5.74. The van der Waals surface area contributed by atoms with E-state index < -0.39 is 5.97 Å². The number of benzene rings is 2. The zero-order valence-electron chi connectivity index (χ0n) is 11.2. The maximum atomic E-state index is 12.1. The van der Waals surface area contributed by atoms with Crippen molar-refractivity contribution >= 4 is 27.6 Å². The highest BCUT2D eigenvalue weighted by Crippen LogP contribution is 2.33. The summed E-state index contributed by atoms with van der Waals surface area (Å²) in [6.45, 7) is 0.821. The minimum absolute atomic E-state index is 0.0741. The van der Waals surface area contributed by atoms with Gasteiger partial charge in [0.15, 0.2) is 0 Å². The molecule has 1 heterocycles. The molecule has 5 heteroatoms. The van der Waals surface area contributed by atoms with Crippen molar-refractivity contribution in [3.63, 3.8) is 0 Å². The fourth-order valence-electron chi connectivity index (χ4n) is 2.32. The van der Waals surface area contributed by atoms with E-state index in [2.05, 4.69) is 15.9 Å². The number of rotatable bonds is 3. The van der Waals surface area contributed by atoms with Gasteiger partial charge in [0.25, 0.3) is 0 Å². The Morgan fingerprint density at radius 3 is 3.00 bits per heavy atom. The lowest BCUT2D eigenvalue weighted by molar-refractivity contribution is 0.0469. The second kappa shape index (κ2) is 5.77. The van der Waals surface area contributed by atoms with Crippen molar-refractivity contribution in [1.82, 2.24) is 0 Å². The van der Waals surface area contributed by atoms with Gasteiger partial charge in [0.1, 0.15) is 12.4 Å². The lowest BCUT2D eigenvalue weighted by atomic mass is 10.0. The summed E-state index contributed by atoms with van der Waals surface area (Å²) in [5.41, 5.74) is 7.74. The Hall–Kier alpha value is -2.01. The van der Waals surface area contributed by atoms with E-state index in [1.807, 2.05) is 24.3 Å². The van der Waals surface area contributed by atoms with Gasteiger partial charge in [-0.1, -0.05) is 18.2 Å². The number of fused-ring (bicyclic) bond motifs is 1. The molecular formula is C16H14BrNO3. The summed E-state index contributed by atoms with van der Waals surface area (Å²) in [5.74, 6) is 0.548. The van der Waals surface area contributed by atoms with Gasteiger partial charge in [0.05, 0.1) is 18.1 Å². The predicted octanol–water partition coefficient (Wildman–Crippen LogP) is 3.36. The summed E-state index contributed by atoms with van der Waals surface area (Å²) >= 11 is 3.33. The molecule has 1 unspecified atom stereocenters. The van der Waals surface area contributed by atoms with Gasteiger partial charge in [-0.25, -0.2) is 4.79 Å². The summed E-state index contributed by atoms with van der Waals surface area (Å²) in [5, 5.41) is 0. The number of halogens is 1. The molecule has 4 nitrogen and oxygen atoms in total. The minimum atomic E-state index is -0.390. The maximum Gasteiger partial charge on any atom is 0.339 e. The van der Waals surface area contributed by atoms with Crippen LogP contribution in [0.1, 0.15) is 21.8 Å². The number of nitrogen functional groups attached to an aromatic ring is 1. The zero-order valence-corrected chi connectivity index (χ0v) is 12.8. The second-order valence-electron chi connectivity index (χ2n) is 4.88. The van der Waals surface area contributed by atoms with Gasteiger partial charge >= 0.3 is 5.97 Å². The normalized spacial score (nSPS) is 16.1. The first kappa shape index (κ1) is 13.9. The third kappa shape index (κ3) is 2.88. The summed E-state index contributed by atoms with van der Waals surface area (Å²) in [6, 6.07) is 12.9. The molecule has 1 atom stereocenters. The molecule has 21 heavy (non-hydrogen) atoms. The zero-order chi connectivity index (χ0) is 14.8. The molecular weight excluding hydrogens is 334 g/mol. The highest BCUT2D eigenvalue weighted by atomic mass is 79.9. The molecule has 0 amide bonds. The maximum absolute atomic E-state index is 12.1. The van der Waals surface area contributed by atoms with Crippen LogP contribution in [0.5, 0.6) is 5.75 Å². The van der Waals surface area contributed by atoms with Crippen molar-refractivity contribution in [2.45, 2.75) is 5.92 Å². The first-order valence-corrected chi connectivity index (χ1v) is 7.38. The molecule has 2 aromatic rings. The van der Waals surface area contributed by atoms with E-state index in [0.29, 0.717) is 22.3 Å². The smallest absolute Gasteiger partial charge is 0.339 e. The number of carbonyl (C=O) groups excluding carboxylic acids is 1. The Morgan fingerprint density at radius 1 is 1.33 bits per heavy atom. The predicted molar refractivity (Wildman–Crippen MR) is 83.5 cm³/mol. The molecule has 1 aliphatic rings. The minimum Gasteiger partial charge on any atom is -0.493 e. The van der Waals surface area contributed by atoms with E-state index in [-0.39, 0.29) is 12.5 Å². The van der Waals surface area contributed by atoms with Crippen molar-refractivity contribution < 1.29 is 14.3 Å². The van der Waals surface area contributed by atoms with Gasteiger partial charge < -0.3 is 15.2 Å². The number of hydrogen-bond acceptors (Lipinski definition) is 4. The van der Waals surface area contributed by atoms with Gasteiger partial charge in [0.2, 0.25) is 0 Å². The average molecular weight is 348 g/mol. The molecule has 0 radical (unpaired) electrons. The molecule has 0 saturated heterocycles. The molecule has 2 N–H and O–H groups in total. The molecule has 0 aliphatic carbocycles. The van der Waals surface area contributed by atoms with Crippen molar-refractivity contribution in [3.05, 3.63) is 58.1 Å². The summed E-state index contributed by atoms with van der Waals surface area (Å²) in [4.78, 5) is 12.1. The van der Waals surface area contributed by atoms with Crippen LogP contribution in [-0.4, -0.2) is 19.2 Å². The van der Waals surface area contributed by atoms with Crippen molar-refractivity contribution in [1.29, 1.82) is 0 Å². The number of anilines is 1. The van der Waals surface area contributed by atoms with Crippen LogP contribution in [0, 0.1) is 0 Å². The van der Waals surface area contributed by atoms with Gasteiger partial charge in [0, 0.05) is 15.7 Å². The van der Waals surface area contributed by atoms with E-state index in [4.69, 9.17) is 15.2 Å². The van der Waals surface area contributed by atoms with Crippen LogP contribution in [0.3, 0.4) is 0 Å². The van der Waals surface area contributed by atoms with Crippen molar-refractivity contribution in [2.75, 3.05) is 18.9 Å². The highest BCUT2D eigenvalue weighted by molar-refractivity contribution is 9.10. The fraction of sp³-hybridized carbons (Fsp3) is 0.188. The average Bonchev–Trinajstić information content (AvgIpc) is 2.90. The third-order valence-corrected chi connectivity index (χ3v) is 4.12. The molecule has 0 bridgehead atoms. The van der Waals surface area contributed by atoms with Crippen LogP contribution in [0.2, 0.25) is 0 Å². The number of carbonyl (C=O) groups is 1. The van der Waals surface area contributed by atoms with Gasteiger partial charge in [-0.3, -0.25) is 0 Å². The lowest BCUT2D eigenvalue weighted by Crippen LogP contribution is -2.14. The van der Waals surface area contributed by atoms with E-state index in [0.717, 1.165) is 11.3 Å². The Morgan fingerprint density at radius 2 is 2.14 bits per heavy atom. The molecule has 0 aromatic heterocycles. The monoisotopic (exact) mass is 347 g/mol. The number of ether oxygens (including phenoxy) is 2. The quantitative estimate of drug-likeness (QED) is 0.683. The first-order valence-electron chi connectivity index (χ1n) is 6.59. The SMILES string of the molecule is Nc1ccc(Br)c(C(=O)OCC2COc3ccccc32)c1. The number of nitrogens with two attached hydrogens (primary N) is 1. The van der Waals surface area contributed by atoms with Crippen molar-refractivity contribution in [2.24, 2.45) is 0 Å². The fourth-order valence-corrected chi connectivity index (χ4v) is 2.73. The molecule has 0 saturated carbocycles. The Bertz CT molecular complexity index is 687. The Labute approximate surface area is 131 Å². The Balaban J connectivity index is 1.69. The lowest BCUT2D eigenvalue weighted by Gasteiger charge is -2.11. The molecule has 3 rings (SSSR count). The summed E-state index contributed by atoms with van der Waals surface area (Å²) in [7, 11) is 0. The highest BCUT2D eigenvalue weighted by Gasteiger charge is 2.25. The molecule has 1 aliphatic heterocycles. The van der Waals surface area contributed by atoms with Gasteiger partial charge in [-0.05, 0) is 40.2 Å². The van der Waals surface area contributed by atoms with E-state index in [9.17, 15) is 4.79 Å². The number of para-hydroxylation sites is 1. The van der Waals surface area contributed by atoms with Crippen LogP contribution in [-0.2, 0) is 4.74 Å². The number of esters is 1. The third-order valence-electron chi connectivity index (χ3n) is 3.42. The van der Waals surface area contributed by atoms with E-state index >= 15 is 0 Å². The molecule has 0 fully saturated rings. The first-order chi connectivity index (χ1) is 10.1. The topological polar surface area (TPSA) is 61.6 Å². The summed E-state index contributed by atoms with van der Waals surface area (Å²) in [6.07, 6.45) is 0. The molecule has 0 spiro atoms. The van der Waals surface area contributed by atoms with E-state index in [1.165, 1.54) is 0 Å². The van der Waals surface area contributed by atoms with E-state index in [1.54, 1.807) is 18.2 Å². The standard InChI is InChI=1S/C16H14BrNO3/c17-14-6-5-11(18)7-13(14)16(19)21-9-10-8-20-15-4-2-1-3-12(10)15/h1-7,10H,8-9,18H2. The van der Waals surface area contributed by atoms with Crippen LogP contribution in [0.25, 0.3) is 0 Å². The van der Waals surface area contributed by atoms with Crippen LogP contribution < -0.4 is 10.5 Å². The molecule has 2 aromatic carbocycles. The van der Waals surface area contributed by atoms with Crippen LogP contribution in [0.15, 0.2) is 46.9 Å². The van der Waals surface area contributed by atoms with Gasteiger partial charge in [-0.2, -0.15) is 0 Å².